The lowest BCUT2D eigenvalue weighted by molar-refractivity contribution is -0.0326. The maximum absolute atomic E-state index is 11.5. The summed E-state index contributed by atoms with van der Waals surface area (Å²) in [6.07, 6.45) is 0.608. The second-order valence-corrected chi connectivity index (χ2v) is 5.40. The molecule has 3 unspecified atom stereocenters. The van der Waals surface area contributed by atoms with Gasteiger partial charge in [0.2, 0.25) is 0 Å². The quantitative estimate of drug-likeness (QED) is 0.620. The Morgan fingerprint density at radius 3 is 2.62 bits per heavy atom. The zero-order valence-corrected chi connectivity index (χ0v) is 10.2. The molecule has 0 aromatic heterocycles. The monoisotopic (exact) mass is 230 g/mol. The van der Waals surface area contributed by atoms with E-state index in [1.807, 2.05) is 20.8 Å². The van der Waals surface area contributed by atoms with Gasteiger partial charge in [-0.3, -0.25) is 0 Å². The van der Waals surface area contributed by atoms with Crippen LogP contribution >= 0.6 is 0 Å². The van der Waals surface area contributed by atoms with E-state index >= 15 is 0 Å². The number of hydrogen-bond donors (Lipinski definition) is 3. The van der Waals surface area contributed by atoms with Gasteiger partial charge in [0, 0.05) is 11.6 Å². The maximum Gasteiger partial charge on any atom is 0.407 e. The van der Waals surface area contributed by atoms with Gasteiger partial charge in [0.25, 0.3) is 0 Å². The summed E-state index contributed by atoms with van der Waals surface area (Å²) in [5.41, 5.74) is 5.38. The van der Waals surface area contributed by atoms with Crippen LogP contribution in [0.5, 0.6) is 0 Å². The highest BCUT2D eigenvalue weighted by atomic mass is 16.6. The molecule has 0 bridgehead atoms. The van der Waals surface area contributed by atoms with Gasteiger partial charge in [0.05, 0.1) is 0 Å². The number of nitrogens with one attached hydrogen (secondary N) is 1. The van der Waals surface area contributed by atoms with Crippen molar-refractivity contribution in [1.29, 1.82) is 0 Å². The van der Waals surface area contributed by atoms with E-state index in [0.717, 1.165) is 12.8 Å². The summed E-state index contributed by atoms with van der Waals surface area (Å²) in [5, 5.41) is 12.4. The number of aliphatic hydroxyl groups is 1. The van der Waals surface area contributed by atoms with Gasteiger partial charge in [-0.25, -0.2) is 4.79 Å². The lowest BCUT2D eigenvalue weighted by atomic mass is 9.91. The third-order valence-electron chi connectivity index (χ3n) is 2.58. The minimum Gasteiger partial charge on any atom is -0.443 e. The summed E-state index contributed by atoms with van der Waals surface area (Å²) in [6.45, 7) is 5.62. The highest BCUT2D eigenvalue weighted by molar-refractivity contribution is 5.68. The normalized spacial score (nSPS) is 30.9. The largest absolute Gasteiger partial charge is 0.443 e. The summed E-state index contributed by atoms with van der Waals surface area (Å²) >= 11 is 0. The first kappa shape index (κ1) is 13.3. The van der Waals surface area contributed by atoms with Gasteiger partial charge in [0.15, 0.2) is 0 Å². The Morgan fingerprint density at radius 2 is 2.06 bits per heavy atom. The van der Waals surface area contributed by atoms with E-state index in [1.54, 1.807) is 0 Å². The minimum absolute atomic E-state index is 0.291. The highest BCUT2D eigenvalue weighted by Crippen LogP contribution is 2.20. The Balaban J connectivity index is 2.44. The molecule has 5 nitrogen and oxygen atoms in total. The molecule has 4 N–H and O–H groups in total. The molecule has 0 heterocycles. The van der Waals surface area contributed by atoms with Crippen LogP contribution < -0.4 is 11.1 Å². The first-order valence-corrected chi connectivity index (χ1v) is 5.72. The predicted molar refractivity (Wildman–Crippen MR) is 61.0 cm³/mol. The summed E-state index contributed by atoms with van der Waals surface area (Å²) < 4.78 is 5.17. The number of nitrogens with two attached hydrogens (primary N) is 1. The molecule has 0 aromatic carbocycles. The second-order valence-electron chi connectivity index (χ2n) is 5.40. The van der Waals surface area contributed by atoms with E-state index in [0.29, 0.717) is 6.42 Å². The van der Waals surface area contributed by atoms with Crippen molar-refractivity contribution in [1.82, 2.24) is 5.32 Å². The van der Waals surface area contributed by atoms with Gasteiger partial charge in [-0.1, -0.05) is 0 Å². The molecule has 5 heteroatoms. The Hall–Kier alpha value is -0.810. The van der Waals surface area contributed by atoms with E-state index < -0.39 is 18.3 Å². The molecule has 0 aliphatic heterocycles. The highest BCUT2D eigenvalue weighted by Gasteiger charge is 2.32. The van der Waals surface area contributed by atoms with Crippen molar-refractivity contribution in [3.8, 4) is 0 Å². The number of aliphatic hydroxyl groups excluding tert-OH is 1. The fourth-order valence-corrected chi connectivity index (χ4v) is 1.77. The van der Waals surface area contributed by atoms with Crippen molar-refractivity contribution in [3.05, 3.63) is 0 Å². The summed E-state index contributed by atoms with van der Waals surface area (Å²) in [6, 6.07) is -0.291. The van der Waals surface area contributed by atoms with Crippen LogP contribution in [-0.2, 0) is 4.74 Å². The van der Waals surface area contributed by atoms with Crippen molar-refractivity contribution >= 4 is 6.09 Å². The zero-order valence-electron chi connectivity index (χ0n) is 10.2. The molecule has 1 aliphatic rings. The van der Waals surface area contributed by atoms with Gasteiger partial charge in [-0.2, -0.15) is 0 Å². The molecule has 0 saturated heterocycles. The van der Waals surface area contributed by atoms with Gasteiger partial charge in [-0.05, 0) is 40.0 Å². The number of ether oxygens (including phenoxy) is 1. The molecule has 0 aromatic rings. The van der Waals surface area contributed by atoms with Crippen LogP contribution in [0.15, 0.2) is 0 Å². The van der Waals surface area contributed by atoms with E-state index in [-0.39, 0.29) is 11.6 Å². The lowest BCUT2D eigenvalue weighted by Gasteiger charge is -2.32. The van der Waals surface area contributed by atoms with Crippen LogP contribution in [0.4, 0.5) is 4.79 Å². The van der Waals surface area contributed by atoms with Crippen LogP contribution in [0.1, 0.15) is 40.0 Å². The van der Waals surface area contributed by atoms with Crippen molar-refractivity contribution in [2.45, 2.75) is 63.8 Å². The molecule has 16 heavy (non-hydrogen) atoms. The first-order valence-electron chi connectivity index (χ1n) is 5.72. The van der Waals surface area contributed by atoms with Crippen LogP contribution in [0.25, 0.3) is 0 Å². The van der Waals surface area contributed by atoms with Gasteiger partial charge >= 0.3 is 6.09 Å². The van der Waals surface area contributed by atoms with Crippen LogP contribution in [0, 0.1) is 0 Å². The predicted octanol–water partition coefficient (Wildman–Crippen LogP) is 0.752. The number of hydrogen-bond acceptors (Lipinski definition) is 4. The third kappa shape index (κ3) is 3.98. The van der Waals surface area contributed by atoms with E-state index in [2.05, 4.69) is 5.32 Å². The topological polar surface area (TPSA) is 84.6 Å². The second kappa shape index (κ2) is 5.01. The summed E-state index contributed by atoms with van der Waals surface area (Å²) in [4.78, 5) is 11.5. The first-order chi connectivity index (χ1) is 7.29. The Bertz CT molecular complexity index is 250. The average Bonchev–Trinajstić information content (AvgIpc) is 2.09. The van der Waals surface area contributed by atoms with E-state index in [9.17, 15) is 9.90 Å². The molecule has 1 amide bonds. The maximum atomic E-state index is 11.5. The number of rotatable bonds is 1. The molecular formula is C11H22N2O3. The van der Waals surface area contributed by atoms with E-state index in [1.165, 1.54) is 0 Å². The van der Waals surface area contributed by atoms with Crippen LogP contribution in [0.2, 0.25) is 0 Å². The molecule has 1 fully saturated rings. The fraction of sp³-hybridized carbons (Fsp3) is 0.909. The lowest BCUT2D eigenvalue weighted by Crippen LogP contribution is -2.50. The third-order valence-corrected chi connectivity index (χ3v) is 2.58. The number of carbonyl (C=O) groups is 1. The Morgan fingerprint density at radius 1 is 1.44 bits per heavy atom. The zero-order chi connectivity index (χ0) is 12.3. The molecule has 1 saturated carbocycles. The number of carbonyl (C=O) groups excluding carboxylic acids is 1. The van der Waals surface area contributed by atoms with Crippen molar-refractivity contribution in [2.75, 3.05) is 0 Å². The Labute approximate surface area is 96.3 Å². The minimum atomic E-state index is -0.750. The van der Waals surface area contributed by atoms with Crippen molar-refractivity contribution < 1.29 is 14.6 Å². The molecule has 0 spiro atoms. The van der Waals surface area contributed by atoms with Crippen LogP contribution in [0.3, 0.4) is 0 Å². The van der Waals surface area contributed by atoms with E-state index in [4.69, 9.17) is 10.5 Å². The molecule has 94 valence electrons. The molecule has 1 aliphatic carbocycles. The molecule has 0 radical (unpaired) electrons. The fourth-order valence-electron chi connectivity index (χ4n) is 1.77. The van der Waals surface area contributed by atoms with Crippen molar-refractivity contribution in [2.24, 2.45) is 5.73 Å². The molecule has 1 rings (SSSR count). The Kier molecular flexibility index (Phi) is 4.15. The average molecular weight is 230 g/mol. The van der Waals surface area contributed by atoms with Crippen molar-refractivity contribution in [3.63, 3.8) is 0 Å². The van der Waals surface area contributed by atoms with Gasteiger partial charge in [0.1, 0.15) is 12.2 Å². The molecular weight excluding hydrogens is 208 g/mol. The number of amides is 1. The smallest absolute Gasteiger partial charge is 0.407 e. The van der Waals surface area contributed by atoms with Gasteiger partial charge < -0.3 is 20.9 Å². The summed E-state index contributed by atoms with van der Waals surface area (Å²) in [5.74, 6) is 0. The molecule has 3 atom stereocenters. The van der Waals surface area contributed by atoms with Gasteiger partial charge in [-0.15, -0.1) is 0 Å². The van der Waals surface area contributed by atoms with Crippen LogP contribution in [-0.4, -0.2) is 35.0 Å². The number of alkyl carbamates (subject to hydrolysis) is 1. The standard InChI is InChI=1S/C11H22N2O3/c1-11(2,3)13-10(15)16-8-6-4-5-7(12)9(8)14/h7-9,14H,4-6,12H2,1-3H3,(H,13,15). The SMILES string of the molecule is CC(C)(C)NC(=O)OC1CCCC(N)C1O. The summed E-state index contributed by atoms with van der Waals surface area (Å²) in [7, 11) is 0.